The normalized spacial score (nSPS) is 31.0. The van der Waals surface area contributed by atoms with E-state index in [1.54, 1.807) is 7.11 Å². The van der Waals surface area contributed by atoms with Gasteiger partial charge in [-0.1, -0.05) is 55.3 Å². The molecule has 5 rings (SSSR count). The first-order chi connectivity index (χ1) is 15.1. The zero-order valence-electron chi connectivity index (χ0n) is 18.7. The molecule has 4 heteroatoms. The lowest BCUT2D eigenvalue weighted by atomic mass is 9.67. The lowest BCUT2D eigenvalue weighted by molar-refractivity contribution is -0.0931. The number of piperidine rings is 1. The minimum atomic E-state index is -0.788. The zero-order valence-corrected chi connectivity index (χ0v) is 18.7. The number of likely N-dealkylation sites (tertiary alicyclic amines) is 1. The molecule has 1 aliphatic carbocycles. The van der Waals surface area contributed by atoms with Crippen LogP contribution in [-0.2, 0) is 5.60 Å². The molecular weight excluding hydrogens is 384 g/mol. The molecular formula is C27H36N2O2. The largest absolute Gasteiger partial charge is 0.497 e. The first-order valence-electron chi connectivity index (χ1n) is 12.0. The van der Waals surface area contributed by atoms with Gasteiger partial charge in [-0.2, -0.15) is 0 Å². The van der Waals surface area contributed by atoms with E-state index in [4.69, 9.17) is 4.74 Å². The average molecular weight is 421 g/mol. The van der Waals surface area contributed by atoms with Crippen LogP contribution in [0.1, 0.15) is 55.6 Å². The SMILES string of the molecule is COc1cccc(C2(O)CCCCC2N2CCC3(CC2)CNCC3c2ccccc2)c1. The first-order valence-corrected chi connectivity index (χ1v) is 12.0. The van der Waals surface area contributed by atoms with Crippen molar-refractivity contribution in [3.8, 4) is 5.75 Å². The number of aliphatic hydroxyl groups is 1. The molecule has 4 nitrogen and oxygen atoms in total. The van der Waals surface area contributed by atoms with Crippen molar-refractivity contribution in [1.82, 2.24) is 10.2 Å². The third-order valence-corrected chi connectivity index (χ3v) is 8.41. The van der Waals surface area contributed by atoms with Crippen LogP contribution in [0.4, 0.5) is 0 Å². The molecule has 31 heavy (non-hydrogen) atoms. The molecule has 3 fully saturated rings. The molecule has 2 aromatic rings. The summed E-state index contributed by atoms with van der Waals surface area (Å²) in [6, 6.07) is 19.3. The van der Waals surface area contributed by atoms with Crippen LogP contribution in [0, 0.1) is 5.41 Å². The predicted octanol–water partition coefficient (Wildman–Crippen LogP) is 4.29. The van der Waals surface area contributed by atoms with Crippen LogP contribution < -0.4 is 10.1 Å². The highest BCUT2D eigenvalue weighted by atomic mass is 16.5. The highest BCUT2D eigenvalue weighted by Crippen LogP contribution is 2.49. The fourth-order valence-corrected chi connectivity index (χ4v) is 6.62. The molecule has 0 radical (unpaired) electrons. The van der Waals surface area contributed by atoms with E-state index in [2.05, 4.69) is 46.6 Å². The van der Waals surface area contributed by atoms with Gasteiger partial charge < -0.3 is 15.2 Å². The maximum absolute atomic E-state index is 12.0. The van der Waals surface area contributed by atoms with Crippen LogP contribution in [0.15, 0.2) is 54.6 Å². The van der Waals surface area contributed by atoms with Crippen molar-refractivity contribution in [2.45, 2.75) is 56.1 Å². The second-order valence-electron chi connectivity index (χ2n) is 9.91. The van der Waals surface area contributed by atoms with E-state index in [0.29, 0.717) is 11.3 Å². The molecule has 3 unspecified atom stereocenters. The van der Waals surface area contributed by atoms with Gasteiger partial charge in [-0.3, -0.25) is 4.90 Å². The maximum Gasteiger partial charge on any atom is 0.119 e. The van der Waals surface area contributed by atoms with Gasteiger partial charge in [0.15, 0.2) is 0 Å². The molecule has 2 saturated heterocycles. The highest BCUT2D eigenvalue weighted by Gasteiger charge is 2.49. The van der Waals surface area contributed by atoms with Gasteiger partial charge in [-0.15, -0.1) is 0 Å². The van der Waals surface area contributed by atoms with Crippen molar-refractivity contribution in [3.63, 3.8) is 0 Å². The molecule has 3 atom stereocenters. The Kier molecular flexibility index (Phi) is 5.80. The Morgan fingerprint density at radius 3 is 2.58 bits per heavy atom. The molecule has 166 valence electrons. The molecule has 2 heterocycles. The van der Waals surface area contributed by atoms with E-state index in [0.717, 1.165) is 56.8 Å². The standard InChI is InChI=1S/C27H36N2O2/c1-31-23-11-7-10-22(18-23)27(30)13-6-5-12-25(27)29-16-14-26(15-17-29)20-28-19-24(26)21-8-3-2-4-9-21/h2-4,7-11,18,24-25,28,30H,5-6,12-17,19-20H2,1H3. The third-order valence-electron chi connectivity index (χ3n) is 8.41. The van der Waals surface area contributed by atoms with Crippen LogP contribution in [0.5, 0.6) is 5.75 Å². The minimum absolute atomic E-state index is 0.190. The lowest BCUT2D eigenvalue weighted by Crippen LogP contribution is -2.56. The number of ether oxygens (including phenoxy) is 1. The first kappa shape index (κ1) is 21.0. The molecule has 1 saturated carbocycles. The van der Waals surface area contributed by atoms with Gasteiger partial charge in [-0.05, 0) is 67.4 Å². The number of benzene rings is 2. The van der Waals surface area contributed by atoms with Gasteiger partial charge in [0.25, 0.3) is 0 Å². The van der Waals surface area contributed by atoms with Gasteiger partial charge >= 0.3 is 0 Å². The van der Waals surface area contributed by atoms with Crippen molar-refractivity contribution >= 4 is 0 Å². The minimum Gasteiger partial charge on any atom is -0.497 e. The van der Waals surface area contributed by atoms with Crippen molar-refractivity contribution in [3.05, 3.63) is 65.7 Å². The second kappa shape index (κ2) is 8.57. The number of nitrogens with one attached hydrogen (secondary N) is 1. The molecule has 0 aromatic heterocycles. The van der Waals surface area contributed by atoms with Crippen LogP contribution in [0.25, 0.3) is 0 Å². The molecule has 0 bridgehead atoms. The van der Waals surface area contributed by atoms with Gasteiger partial charge in [-0.25, -0.2) is 0 Å². The van der Waals surface area contributed by atoms with Gasteiger partial charge in [0.1, 0.15) is 11.4 Å². The summed E-state index contributed by atoms with van der Waals surface area (Å²) < 4.78 is 5.46. The topological polar surface area (TPSA) is 44.7 Å². The summed E-state index contributed by atoms with van der Waals surface area (Å²) in [6.07, 6.45) is 6.59. The Morgan fingerprint density at radius 2 is 1.81 bits per heavy atom. The number of hydrogen-bond donors (Lipinski definition) is 2. The summed E-state index contributed by atoms with van der Waals surface area (Å²) >= 11 is 0. The second-order valence-corrected chi connectivity index (χ2v) is 9.91. The van der Waals surface area contributed by atoms with E-state index in [-0.39, 0.29) is 6.04 Å². The summed E-state index contributed by atoms with van der Waals surface area (Å²) in [4.78, 5) is 2.60. The van der Waals surface area contributed by atoms with E-state index >= 15 is 0 Å². The molecule has 2 N–H and O–H groups in total. The Labute approximate surface area is 186 Å². The van der Waals surface area contributed by atoms with E-state index in [9.17, 15) is 5.11 Å². The fraction of sp³-hybridized carbons (Fsp3) is 0.556. The molecule has 2 aromatic carbocycles. The quantitative estimate of drug-likeness (QED) is 0.774. The predicted molar refractivity (Wildman–Crippen MR) is 124 cm³/mol. The zero-order chi connectivity index (χ0) is 21.3. The van der Waals surface area contributed by atoms with Crippen molar-refractivity contribution in [1.29, 1.82) is 0 Å². The van der Waals surface area contributed by atoms with E-state index < -0.39 is 5.60 Å². The molecule has 1 spiro atoms. The summed E-state index contributed by atoms with van der Waals surface area (Å²) in [5.74, 6) is 1.43. The lowest BCUT2D eigenvalue weighted by Gasteiger charge is -2.51. The van der Waals surface area contributed by atoms with E-state index in [1.807, 2.05) is 18.2 Å². The summed E-state index contributed by atoms with van der Waals surface area (Å²) in [5.41, 5.74) is 2.05. The van der Waals surface area contributed by atoms with Gasteiger partial charge in [0.2, 0.25) is 0 Å². The smallest absolute Gasteiger partial charge is 0.119 e. The maximum atomic E-state index is 12.0. The van der Waals surface area contributed by atoms with Crippen molar-refractivity contribution in [2.24, 2.45) is 5.41 Å². The molecule has 0 amide bonds. The monoisotopic (exact) mass is 420 g/mol. The Hall–Kier alpha value is -1.88. The van der Waals surface area contributed by atoms with Crippen LogP contribution in [0.3, 0.4) is 0 Å². The van der Waals surface area contributed by atoms with Gasteiger partial charge in [0, 0.05) is 25.0 Å². The van der Waals surface area contributed by atoms with E-state index in [1.165, 1.54) is 24.8 Å². The Balaban J connectivity index is 1.35. The highest BCUT2D eigenvalue weighted by molar-refractivity contribution is 5.34. The number of methoxy groups -OCH3 is 1. The summed E-state index contributed by atoms with van der Waals surface area (Å²) in [7, 11) is 1.70. The summed E-state index contributed by atoms with van der Waals surface area (Å²) in [6.45, 7) is 4.34. The number of rotatable bonds is 4. The Bertz CT molecular complexity index is 878. The average Bonchev–Trinajstić information content (AvgIpc) is 3.23. The number of hydrogen-bond acceptors (Lipinski definition) is 4. The van der Waals surface area contributed by atoms with Crippen LogP contribution in [-0.4, -0.2) is 49.3 Å². The summed E-state index contributed by atoms with van der Waals surface area (Å²) in [5, 5.41) is 15.7. The van der Waals surface area contributed by atoms with Crippen molar-refractivity contribution < 1.29 is 9.84 Å². The number of nitrogens with zero attached hydrogens (tertiary/aromatic N) is 1. The van der Waals surface area contributed by atoms with Crippen LogP contribution >= 0.6 is 0 Å². The Morgan fingerprint density at radius 1 is 1.00 bits per heavy atom. The third kappa shape index (κ3) is 3.79. The molecule has 2 aliphatic heterocycles. The van der Waals surface area contributed by atoms with Crippen molar-refractivity contribution in [2.75, 3.05) is 33.3 Å². The van der Waals surface area contributed by atoms with Gasteiger partial charge in [0.05, 0.1) is 7.11 Å². The molecule has 3 aliphatic rings. The fourth-order valence-electron chi connectivity index (χ4n) is 6.62. The van der Waals surface area contributed by atoms with Crippen LogP contribution in [0.2, 0.25) is 0 Å².